The van der Waals surface area contributed by atoms with E-state index < -0.39 is 51.0 Å². The normalized spacial score (nSPS) is 13.7. The van der Waals surface area contributed by atoms with Crippen LogP contribution in [0.1, 0.15) is 45.7 Å². The zero-order valence-corrected chi connectivity index (χ0v) is 21.5. The van der Waals surface area contributed by atoms with Crippen LogP contribution in [0.3, 0.4) is 0 Å². The van der Waals surface area contributed by atoms with Crippen molar-refractivity contribution in [3.8, 4) is 0 Å². The standard InChI is InChI=1S/C23H23ClF6N2O4S/c1-12-10-14(21(3,22(25,26)27)23(28,29)30)8-9-17(12)32-19(33)15-6-5-7-16(24)18(15)20(34)31-13(2)11-37(4,35)36/h5-10,13H,11H2,1-4H3,(H,31,34)(H,32,33)/t13-/m0/s1. The highest BCUT2D eigenvalue weighted by molar-refractivity contribution is 7.90. The van der Waals surface area contributed by atoms with E-state index in [2.05, 4.69) is 10.6 Å². The van der Waals surface area contributed by atoms with Gasteiger partial charge in [0.15, 0.2) is 5.41 Å². The Morgan fingerprint density at radius 2 is 1.57 bits per heavy atom. The lowest BCUT2D eigenvalue weighted by Gasteiger charge is -2.34. The highest BCUT2D eigenvalue weighted by Crippen LogP contribution is 2.52. The van der Waals surface area contributed by atoms with Gasteiger partial charge in [-0.3, -0.25) is 9.59 Å². The molecule has 0 aliphatic carbocycles. The van der Waals surface area contributed by atoms with Crippen LogP contribution in [-0.4, -0.2) is 50.6 Å². The van der Waals surface area contributed by atoms with Crippen molar-refractivity contribution in [3.05, 3.63) is 63.7 Å². The summed E-state index contributed by atoms with van der Waals surface area (Å²) in [7, 11) is -3.43. The number of carbonyl (C=O) groups excluding carboxylic acids is 2. The molecule has 2 N–H and O–H groups in total. The minimum Gasteiger partial charge on any atom is -0.348 e. The molecule has 0 heterocycles. The molecule has 14 heteroatoms. The molecule has 0 saturated heterocycles. The van der Waals surface area contributed by atoms with E-state index in [1.165, 1.54) is 32.0 Å². The molecule has 0 fully saturated rings. The summed E-state index contributed by atoms with van der Waals surface area (Å²) < 4.78 is 103. The smallest absolute Gasteiger partial charge is 0.348 e. The molecule has 0 spiro atoms. The van der Waals surface area contributed by atoms with Crippen molar-refractivity contribution in [2.75, 3.05) is 17.3 Å². The fraction of sp³-hybridized carbons (Fsp3) is 0.391. The zero-order valence-electron chi connectivity index (χ0n) is 19.9. The number of rotatable bonds is 7. The third kappa shape index (κ3) is 6.75. The number of hydrogen-bond acceptors (Lipinski definition) is 4. The van der Waals surface area contributed by atoms with Crippen LogP contribution >= 0.6 is 11.6 Å². The molecule has 0 saturated carbocycles. The van der Waals surface area contributed by atoms with E-state index in [0.717, 1.165) is 12.3 Å². The van der Waals surface area contributed by atoms with Gasteiger partial charge in [-0.15, -0.1) is 0 Å². The maximum atomic E-state index is 13.4. The number of halogens is 7. The van der Waals surface area contributed by atoms with Crippen LogP contribution in [-0.2, 0) is 15.3 Å². The van der Waals surface area contributed by atoms with Gasteiger partial charge in [0.2, 0.25) is 0 Å². The molecule has 1 atom stereocenters. The molecule has 0 aliphatic heterocycles. The second kappa shape index (κ2) is 10.5. The van der Waals surface area contributed by atoms with Crippen molar-refractivity contribution in [1.29, 1.82) is 0 Å². The number of anilines is 1. The number of benzene rings is 2. The molecular weight excluding hydrogens is 550 g/mol. The Morgan fingerprint density at radius 1 is 1.00 bits per heavy atom. The van der Waals surface area contributed by atoms with Crippen LogP contribution in [0.15, 0.2) is 36.4 Å². The maximum absolute atomic E-state index is 13.4. The Balaban J connectivity index is 2.40. The van der Waals surface area contributed by atoms with Crippen molar-refractivity contribution in [3.63, 3.8) is 0 Å². The number of alkyl halides is 6. The lowest BCUT2D eigenvalue weighted by atomic mass is 9.80. The van der Waals surface area contributed by atoms with Gasteiger partial charge < -0.3 is 10.6 Å². The van der Waals surface area contributed by atoms with Crippen LogP contribution < -0.4 is 10.6 Å². The second-order valence-corrected chi connectivity index (χ2v) is 11.3. The van der Waals surface area contributed by atoms with Gasteiger partial charge >= 0.3 is 12.4 Å². The first-order valence-corrected chi connectivity index (χ1v) is 13.0. The van der Waals surface area contributed by atoms with Gasteiger partial charge in [0.25, 0.3) is 11.8 Å². The number of carbonyl (C=O) groups is 2. The molecule has 2 aromatic rings. The molecule has 0 aromatic heterocycles. The Bertz CT molecular complexity index is 1300. The highest BCUT2D eigenvalue weighted by atomic mass is 35.5. The van der Waals surface area contributed by atoms with Crippen LogP contribution in [0.4, 0.5) is 32.0 Å². The predicted octanol–water partition coefficient (Wildman–Crippen LogP) is 5.45. The van der Waals surface area contributed by atoms with E-state index in [4.69, 9.17) is 11.6 Å². The number of aryl methyl sites for hydroxylation is 1. The van der Waals surface area contributed by atoms with Gasteiger partial charge in [0, 0.05) is 18.0 Å². The molecule has 0 unspecified atom stereocenters. The van der Waals surface area contributed by atoms with Crippen molar-refractivity contribution >= 4 is 38.9 Å². The van der Waals surface area contributed by atoms with E-state index in [1.54, 1.807) is 0 Å². The monoisotopic (exact) mass is 572 g/mol. The zero-order chi connectivity index (χ0) is 28.6. The molecule has 0 bridgehead atoms. The van der Waals surface area contributed by atoms with Crippen molar-refractivity contribution in [2.45, 2.75) is 44.6 Å². The number of sulfone groups is 1. The third-order valence-electron chi connectivity index (χ3n) is 5.60. The Kier molecular flexibility index (Phi) is 8.65. The molecular formula is C23H23ClF6N2O4S. The Hall–Kier alpha value is -2.80. The molecule has 2 amide bonds. The van der Waals surface area contributed by atoms with Crippen molar-refractivity contribution in [2.24, 2.45) is 0 Å². The van der Waals surface area contributed by atoms with E-state index in [1.807, 2.05) is 0 Å². The third-order valence-corrected chi connectivity index (χ3v) is 7.02. The molecule has 0 aliphatic rings. The lowest BCUT2D eigenvalue weighted by molar-refractivity contribution is -0.297. The average molecular weight is 573 g/mol. The lowest BCUT2D eigenvalue weighted by Crippen LogP contribution is -2.51. The summed E-state index contributed by atoms with van der Waals surface area (Å²) in [6.45, 7) is 2.67. The van der Waals surface area contributed by atoms with Gasteiger partial charge in [0.05, 0.1) is 21.9 Å². The summed E-state index contributed by atoms with van der Waals surface area (Å²) in [5.74, 6) is -2.16. The summed E-state index contributed by atoms with van der Waals surface area (Å²) in [6.07, 6.45) is -10.3. The van der Waals surface area contributed by atoms with E-state index in [0.29, 0.717) is 12.1 Å². The minimum atomic E-state index is -5.64. The van der Waals surface area contributed by atoms with Crippen molar-refractivity contribution in [1.82, 2.24) is 5.32 Å². The summed E-state index contributed by atoms with van der Waals surface area (Å²) >= 11 is 6.10. The summed E-state index contributed by atoms with van der Waals surface area (Å²) in [5.41, 5.74) is -5.95. The highest BCUT2D eigenvalue weighted by Gasteiger charge is 2.68. The molecule has 2 rings (SSSR count). The number of nitrogens with one attached hydrogen (secondary N) is 2. The first kappa shape index (κ1) is 30.4. The second-order valence-electron chi connectivity index (χ2n) is 8.73. The summed E-state index contributed by atoms with van der Waals surface area (Å²) in [5, 5.41) is 4.64. The molecule has 204 valence electrons. The molecule has 0 radical (unpaired) electrons. The minimum absolute atomic E-state index is 0.0294. The quantitative estimate of drug-likeness (QED) is 0.432. The molecule has 2 aromatic carbocycles. The Labute approximate surface area is 214 Å². The van der Waals surface area contributed by atoms with E-state index in [-0.39, 0.29) is 40.1 Å². The Morgan fingerprint density at radius 3 is 2.05 bits per heavy atom. The van der Waals surface area contributed by atoms with Gasteiger partial charge in [-0.2, -0.15) is 26.3 Å². The van der Waals surface area contributed by atoms with Crippen LogP contribution in [0.25, 0.3) is 0 Å². The van der Waals surface area contributed by atoms with Gasteiger partial charge in [0.1, 0.15) is 9.84 Å². The average Bonchev–Trinajstić information content (AvgIpc) is 2.71. The maximum Gasteiger partial charge on any atom is 0.406 e. The topological polar surface area (TPSA) is 92.3 Å². The predicted molar refractivity (Wildman–Crippen MR) is 127 cm³/mol. The molecule has 6 nitrogen and oxygen atoms in total. The first-order chi connectivity index (χ1) is 16.7. The fourth-order valence-electron chi connectivity index (χ4n) is 3.53. The van der Waals surface area contributed by atoms with Crippen LogP contribution in [0, 0.1) is 6.92 Å². The van der Waals surface area contributed by atoms with E-state index >= 15 is 0 Å². The van der Waals surface area contributed by atoms with Gasteiger partial charge in [-0.05, 0) is 50.1 Å². The number of amides is 2. The molecule has 37 heavy (non-hydrogen) atoms. The summed E-state index contributed by atoms with van der Waals surface area (Å²) in [6, 6.07) is 5.24. The van der Waals surface area contributed by atoms with Crippen molar-refractivity contribution < 1.29 is 44.3 Å². The SMILES string of the molecule is Cc1cc(C(C)(C(F)(F)F)C(F)(F)F)ccc1NC(=O)c1cccc(Cl)c1C(=O)N[C@@H](C)CS(C)(=O)=O. The summed E-state index contributed by atoms with van der Waals surface area (Å²) in [4.78, 5) is 25.7. The van der Waals surface area contributed by atoms with Crippen LogP contribution in [0.5, 0.6) is 0 Å². The first-order valence-electron chi connectivity index (χ1n) is 10.5. The fourth-order valence-corrected chi connectivity index (χ4v) is 4.78. The van der Waals surface area contributed by atoms with Gasteiger partial charge in [-0.1, -0.05) is 29.8 Å². The largest absolute Gasteiger partial charge is 0.406 e. The van der Waals surface area contributed by atoms with Crippen LogP contribution in [0.2, 0.25) is 5.02 Å². The van der Waals surface area contributed by atoms with E-state index in [9.17, 15) is 44.3 Å². The number of hydrogen-bond donors (Lipinski definition) is 2. The van der Waals surface area contributed by atoms with Gasteiger partial charge in [-0.25, -0.2) is 8.42 Å².